The van der Waals surface area contributed by atoms with Gasteiger partial charge in [-0.15, -0.1) is 0 Å². The highest BCUT2D eigenvalue weighted by Crippen LogP contribution is 2.35. The molecular weight excluding hydrogens is 588 g/mol. The molecule has 1 saturated heterocycles. The number of hydrogen-bond acceptors (Lipinski definition) is 6. The van der Waals surface area contributed by atoms with Gasteiger partial charge in [0, 0.05) is 19.3 Å². The van der Waals surface area contributed by atoms with Crippen LogP contribution in [0.3, 0.4) is 0 Å². The van der Waals surface area contributed by atoms with Crippen LogP contribution in [-0.2, 0) is 16.1 Å². The molecule has 0 aliphatic carbocycles. The zero-order valence-electron chi connectivity index (χ0n) is 21.6. The Bertz CT molecular complexity index is 1530. The molecule has 0 bridgehead atoms. The van der Waals surface area contributed by atoms with Crippen molar-refractivity contribution < 1.29 is 59.0 Å². The van der Waals surface area contributed by atoms with Gasteiger partial charge in [-0.1, -0.05) is 6.07 Å². The van der Waals surface area contributed by atoms with Crippen LogP contribution in [0.15, 0.2) is 30.5 Å². The van der Waals surface area contributed by atoms with Crippen molar-refractivity contribution >= 4 is 23.6 Å². The molecule has 1 fully saturated rings. The van der Waals surface area contributed by atoms with Gasteiger partial charge < -0.3 is 19.7 Å². The first-order valence-corrected chi connectivity index (χ1v) is 12.0. The molecule has 2 amide bonds. The van der Waals surface area contributed by atoms with Crippen molar-refractivity contribution in [3.8, 4) is 5.75 Å². The Morgan fingerprint density at radius 2 is 1.69 bits per heavy atom. The summed E-state index contributed by atoms with van der Waals surface area (Å²) in [5.74, 6) is -8.14. The van der Waals surface area contributed by atoms with Crippen LogP contribution in [0.2, 0.25) is 0 Å². The van der Waals surface area contributed by atoms with Crippen molar-refractivity contribution in [3.05, 3.63) is 64.6 Å². The number of amides is 2. The number of hydrogen-bond donors (Lipinski definition) is 1. The zero-order chi connectivity index (χ0) is 31.1. The molecule has 2 aromatic heterocycles. The van der Waals surface area contributed by atoms with E-state index in [1.54, 1.807) is 6.92 Å². The average Bonchev–Trinajstić information content (AvgIpc) is 3.43. The van der Waals surface area contributed by atoms with Crippen LogP contribution in [0.5, 0.6) is 5.75 Å². The lowest BCUT2D eigenvalue weighted by Crippen LogP contribution is -2.46. The minimum absolute atomic E-state index is 0.00269. The smallest absolute Gasteiger partial charge is 0.485 e. The number of esters is 1. The predicted octanol–water partition coefficient (Wildman–Crippen LogP) is 4.63. The Kier molecular flexibility index (Phi) is 8.06. The zero-order valence-corrected chi connectivity index (χ0v) is 21.6. The number of fused-ring (bicyclic) bond motifs is 1. The molecule has 226 valence electrons. The summed E-state index contributed by atoms with van der Waals surface area (Å²) in [4.78, 5) is 40.6. The van der Waals surface area contributed by atoms with Gasteiger partial charge in [-0.25, -0.2) is 23.4 Å². The summed E-state index contributed by atoms with van der Waals surface area (Å²) in [7, 11) is 0. The fraction of sp³-hybridized carbons (Fsp3) is 0.360. The molecule has 0 radical (unpaired) electrons. The van der Waals surface area contributed by atoms with E-state index in [1.165, 1.54) is 29.7 Å². The van der Waals surface area contributed by atoms with Crippen LogP contribution in [0.1, 0.15) is 27.3 Å². The fourth-order valence-electron chi connectivity index (χ4n) is 4.43. The van der Waals surface area contributed by atoms with E-state index in [0.717, 1.165) is 12.1 Å². The number of imidazole rings is 1. The molecule has 17 heteroatoms. The minimum Gasteiger partial charge on any atom is -0.485 e. The first-order chi connectivity index (χ1) is 19.5. The molecule has 1 aliphatic heterocycles. The monoisotopic (exact) mass is 608 g/mol. The number of aromatic nitrogens is 2. The van der Waals surface area contributed by atoms with Gasteiger partial charge in [0.25, 0.3) is 5.91 Å². The van der Waals surface area contributed by atoms with Crippen molar-refractivity contribution in [1.29, 1.82) is 0 Å². The second kappa shape index (κ2) is 11.1. The quantitative estimate of drug-likeness (QED) is 0.258. The lowest BCUT2D eigenvalue weighted by atomic mass is 10.0. The van der Waals surface area contributed by atoms with E-state index in [1.807, 2.05) is 0 Å². The number of alkyl halides is 6. The second-order valence-corrected chi connectivity index (χ2v) is 9.40. The van der Waals surface area contributed by atoms with Crippen molar-refractivity contribution in [2.75, 3.05) is 13.1 Å². The fourth-order valence-corrected chi connectivity index (χ4v) is 4.43. The lowest BCUT2D eigenvalue weighted by Gasteiger charge is -2.21. The highest BCUT2D eigenvalue weighted by Gasteiger charge is 2.53. The number of likely N-dealkylation sites (tertiary alicyclic amines) is 1. The van der Waals surface area contributed by atoms with E-state index in [2.05, 4.69) is 15.0 Å². The summed E-state index contributed by atoms with van der Waals surface area (Å²) < 4.78 is 117. The number of nitrogens with zero attached hydrogens (tertiary/aromatic N) is 3. The third kappa shape index (κ3) is 6.23. The van der Waals surface area contributed by atoms with E-state index in [4.69, 9.17) is 4.74 Å². The van der Waals surface area contributed by atoms with Crippen LogP contribution < -0.4 is 10.1 Å². The summed E-state index contributed by atoms with van der Waals surface area (Å²) in [5.41, 5.74) is -0.138. The van der Waals surface area contributed by atoms with Crippen LogP contribution in [0, 0.1) is 31.4 Å². The number of benzene rings is 1. The highest BCUT2D eigenvalue weighted by molar-refractivity contribution is 5.95. The summed E-state index contributed by atoms with van der Waals surface area (Å²) >= 11 is 0. The summed E-state index contributed by atoms with van der Waals surface area (Å²) in [6, 6.07) is 2.86. The third-order valence-corrected chi connectivity index (χ3v) is 6.37. The van der Waals surface area contributed by atoms with Gasteiger partial charge in [-0.05, 0) is 37.6 Å². The molecule has 1 aromatic carbocycles. The molecule has 3 aromatic rings. The van der Waals surface area contributed by atoms with Gasteiger partial charge in [0.2, 0.25) is 0 Å². The van der Waals surface area contributed by atoms with E-state index in [9.17, 15) is 49.5 Å². The minimum atomic E-state index is -5.56. The number of pyridine rings is 1. The normalized spacial score (nSPS) is 17.4. The van der Waals surface area contributed by atoms with Crippen molar-refractivity contribution in [1.82, 2.24) is 19.6 Å². The summed E-state index contributed by atoms with van der Waals surface area (Å²) in [6.07, 6.45) is -11.1. The van der Waals surface area contributed by atoms with Crippen LogP contribution in [0.4, 0.5) is 39.9 Å². The number of nitrogens with one attached hydrogen (secondary N) is 1. The van der Waals surface area contributed by atoms with Crippen LogP contribution in [-0.4, -0.2) is 63.7 Å². The number of ether oxygens (including phenoxy) is 2. The molecule has 2 atom stereocenters. The molecule has 4 rings (SSSR count). The van der Waals surface area contributed by atoms with Crippen molar-refractivity contribution in [2.45, 2.75) is 38.8 Å². The Hall–Kier alpha value is -4.44. The van der Waals surface area contributed by atoms with Crippen LogP contribution >= 0.6 is 0 Å². The SMILES string of the molecule is Cc1cc(OCc2c(F)cccc2F)c2nc(C)c(C(=O)NC3CN(C(=O)OC(=O)C(F)(F)F)CC3C(F)(F)F)n2c1. The first-order valence-electron chi connectivity index (χ1n) is 12.0. The predicted molar refractivity (Wildman–Crippen MR) is 125 cm³/mol. The third-order valence-electron chi connectivity index (χ3n) is 6.37. The molecule has 1 aliphatic rings. The number of carbonyl (C=O) groups is 3. The number of halogens is 8. The van der Waals surface area contributed by atoms with Crippen LogP contribution in [0.25, 0.3) is 5.65 Å². The maximum absolute atomic E-state index is 14.0. The number of rotatable bonds is 5. The number of carbonyl (C=O) groups excluding carboxylic acids is 3. The maximum atomic E-state index is 14.0. The first kappa shape index (κ1) is 30.5. The molecule has 0 spiro atoms. The molecule has 42 heavy (non-hydrogen) atoms. The standard InChI is InChI=1S/C25H20F8N4O5/c1-11-6-18(41-10-13-15(26)4-3-5-16(13)27)20-34-12(2)19(37(20)7-11)21(38)35-17-9-36(8-14(17)24(28,29)30)23(40)42-22(39)25(31,32)33/h3-7,14,17H,8-10H2,1-2H3,(H,35,38). The van der Waals surface area contributed by atoms with Crippen molar-refractivity contribution in [3.63, 3.8) is 0 Å². The summed E-state index contributed by atoms with van der Waals surface area (Å²) in [6.45, 7) is 0.282. The van der Waals surface area contributed by atoms with E-state index < -0.39 is 73.6 Å². The molecule has 3 heterocycles. The maximum Gasteiger partial charge on any atom is 0.491 e. The largest absolute Gasteiger partial charge is 0.491 e. The van der Waals surface area contributed by atoms with Crippen molar-refractivity contribution in [2.24, 2.45) is 5.92 Å². The molecule has 1 N–H and O–H groups in total. The molecule has 2 unspecified atom stereocenters. The summed E-state index contributed by atoms with van der Waals surface area (Å²) in [5, 5.41) is 2.13. The van der Waals surface area contributed by atoms with Gasteiger partial charge >= 0.3 is 24.4 Å². The van der Waals surface area contributed by atoms with Gasteiger partial charge in [-0.3, -0.25) is 9.20 Å². The van der Waals surface area contributed by atoms with Gasteiger partial charge in [0.05, 0.1) is 23.2 Å². The van der Waals surface area contributed by atoms with Gasteiger partial charge in [0.1, 0.15) is 23.9 Å². The van der Waals surface area contributed by atoms with E-state index in [-0.39, 0.29) is 33.2 Å². The Morgan fingerprint density at radius 3 is 2.29 bits per heavy atom. The van der Waals surface area contributed by atoms with E-state index >= 15 is 0 Å². The Morgan fingerprint density at radius 1 is 1.05 bits per heavy atom. The second-order valence-electron chi connectivity index (χ2n) is 9.40. The average molecular weight is 608 g/mol. The highest BCUT2D eigenvalue weighted by atomic mass is 19.4. The van der Waals surface area contributed by atoms with Gasteiger partial charge in [0.15, 0.2) is 11.4 Å². The lowest BCUT2D eigenvalue weighted by molar-refractivity contribution is -0.193. The van der Waals surface area contributed by atoms with Gasteiger partial charge in [-0.2, -0.15) is 26.3 Å². The molecule has 0 saturated carbocycles. The molecule has 9 nitrogen and oxygen atoms in total. The Labute approximate surface area is 231 Å². The molecular formula is C25H20F8N4O5. The number of aryl methyl sites for hydroxylation is 2. The Balaban J connectivity index is 1.59. The van der Waals surface area contributed by atoms with E-state index in [0.29, 0.717) is 5.56 Å². The topological polar surface area (TPSA) is 102 Å².